The molecule has 1 aromatic rings. The van der Waals surface area contributed by atoms with Gasteiger partial charge >= 0.3 is 12.1 Å². The number of hydrogen-bond acceptors (Lipinski definition) is 8. The van der Waals surface area contributed by atoms with Crippen molar-refractivity contribution < 1.29 is 28.5 Å². The summed E-state index contributed by atoms with van der Waals surface area (Å²) in [5, 5.41) is 9.87. The van der Waals surface area contributed by atoms with Gasteiger partial charge in [0.05, 0.1) is 25.9 Å². The van der Waals surface area contributed by atoms with Crippen LogP contribution in [0.15, 0.2) is 22.4 Å². The Kier molecular flexibility index (Phi) is 18.0. The minimum Gasteiger partial charge on any atom is -0.493 e. The summed E-state index contributed by atoms with van der Waals surface area (Å²) in [7, 11) is 1.33. The van der Waals surface area contributed by atoms with Crippen molar-refractivity contribution >= 4 is 12.1 Å². The predicted octanol–water partition coefficient (Wildman–Crippen LogP) is 7.43. The van der Waals surface area contributed by atoms with E-state index in [9.17, 15) is 9.59 Å². The van der Waals surface area contributed by atoms with E-state index >= 15 is 0 Å². The molecular weight excluding hydrogens is 530 g/mol. The van der Waals surface area contributed by atoms with Crippen molar-refractivity contribution in [1.82, 2.24) is 5.32 Å². The smallest absolute Gasteiger partial charge is 0.407 e. The van der Waals surface area contributed by atoms with Gasteiger partial charge in [0.15, 0.2) is 0 Å². The van der Waals surface area contributed by atoms with Gasteiger partial charge < -0.3 is 24.3 Å². The van der Waals surface area contributed by atoms with Crippen LogP contribution in [0.1, 0.15) is 94.5 Å². The summed E-state index contributed by atoms with van der Waals surface area (Å²) < 4.78 is 22.5. The second-order valence-corrected chi connectivity index (χ2v) is 10.4. The van der Waals surface area contributed by atoms with Gasteiger partial charge in [0.25, 0.3) is 0 Å². The lowest BCUT2D eigenvalue weighted by molar-refractivity contribution is 0.0526. The number of alkyl carbamates (subject to hydrolysis) is 1. The van der Waals surface area contributed by atoms with Gasteiger partial charge in [0.2, 0.25) is 0 Å². The Balaban J connectivity index is 2.94. The molecule has 0 fully saturated rings. The number of azide groups is 2. The number of ether oxygens (including phenoxy) is 4. The maximum absolute atomic E-state index is 12.4. The number of carbonyl (C=O) groups is 2. The molecule has 0 atom stereocenters. The van der Waals surface area contributed by atoms with E-state index in [1.165, 1.54) is 7.11 Å². The molecule has 1 rings (SSSR count). The number of benzene rings is 1. The van der Waals surface area contributed by atoms with Gasteiger partial charge in [-0.15, -0.1) is 0 Å². The highest BCUT2D eigenvalue weighted by Gasteiger charge is 2.19. The Labute approximate surface area is 242 Å². The fourth-order valence-corrected chi connectivity index (χ4v) is 3.86. The highest BCUT2D eigenvalue weighted by atomic mass is 16.6. The van der Waals surface area contributed by atoms with Crippen LogP contribution in [0.25, 0.3) is 20.9 Å². The molecule has 41 heavy (non-hydrogen) atoms. The Bertz CT molecular complexity index is 978. The van der Waals surface area contributed by atoms with Gasteiger partial charge in [-0.1, -0.05) is 35.9 Å². The number of amides is 1. The number of hydrogen-bond donors (Lipinski definition) is 1. The van der Waals surface area contributed by atoms with E-state index in [1.54, 1.807) is 12.1 Å². The lowest BCUT2D eigenvalue weighted by atomic mass is 10.0. The van der Waals surface area contributed by atoms with Gasteiger partial charge in [-0.3, -0.25) is 0 Å². The van der Waals surface area contributed by atoms with Crippen LogP contribution in [0, 0.1) is 0 Å². The van der Waals surface area contributed by atoms with E-state index in [-0.39, 0.29) is 0 Å². The Hall–Kier alpha value is -3.82. The number of nitrogens with zero attached hydrogens (tertiary/aromatic N) is 6. The summed E-state index contributed by atoms with van der Waals surface area (Å²) in [4.78, 5) is 30.0. The Morgan fingerprint density at radius 2 is 1.34 bits per heavy atom. The van der Waals surface area contributed by atoms with E-state index in [2.05, 4.69) is 25.4 Å². The van der Waals surface area contributed by atoms with E-state index in [1.807, 2.05) is 20.8 Å². The van der Waals surface area contributed by atoms with Crippen molar-refractivity contribution in [3.05, 3.63) is 44.1 Å². The number of rotatable bonds is 21. The van der Waals surface area contributed by atoms with Gasteiger partial charge in [-0.05, 0) is 82.5 Å². The lowest BCUT2D eigenvalue weighted by Gasteiger charge is -2.20. The fourth-order valence-electron chi connectivity index (χ4n) is 3.86. The van der Waals surface area contributed by atoms with Gasteiger partial charge in [-0.2, -0.15) is 0 Å². The zero-order chi connectivity index (χ0) is 30.3. The SMILES string of the molecule is COC(=O)c1cc(OCCCCCCN=[N+]=[N-])c(CCCNC(=O)OC(C)(C)C)c(OCCCCCCN=[N+]=[N-])c1. The van der Waals surface area contributed by atoms with Crippen LogP contribution in [0.5, 0.6) is 11.5 Å². The van der Waals surface area contributed by atoms with Crippen LogP contribution in [-0.2, 0) is 15.9 Å². The second-order valence-electron chi connectivity index (χ2n) is 10.4. The Morgan fingerprint density at radius 3 is 1.80 bits per heavy atom. The van der Waals surface area contributed by atoms with Crippen molar-refractivity contribution in [1.29, 1.82) is 0 Å². The van der Waals surface area contributed by atoms with E-state index in [4.69, 9.17) is 30.0 Å². The predicted molar refractivity (Wildman–Crippen MR) is 156 cm³/mol. The molecule has 0 aliphatic carbocycles. The van der Waals surface area contributed by atoms with Crippen LogP contribution in [0.3, 0.4) is 0 Å². The molecule has 0 heterocycles. The molecular formula is C28H45N7O6. The molecule has 0 aromatic heterocycles. The molecule has 13 nitrogen and oxygen atoms in total. The molecule has 0 bridgehead atoms. The van der Waals surface area contributed by atoms with Crippen LogP contribution < -0.4 is 14.8 Å². The summed E-state index contributed by atoms with van der Waals surface area (Å²) >= 11 is 0. The normalized spacial score (nSPS) is 10.6. The highest BCUT2D eigenvalue weighted by molar-refractivity contribution is 5.90. The second kappa shape index (κ2) is 21.0. The summed E-state index contributed by atoms with van der Waals surface area (Å²) in [6, 6.07) is 3.35. The molecule has 13 heteroatoms. The first-order chi connectivity index (χ1) is 19.7. The first-order valence-corrected chi connectivity index (χ1v) is 14.2. The summed E-state index contributed by atoms with van der Waals surface area (Å²) in [5.41, 5.74) is 17.3. The van der Waals surface area contributed by atoms with Crippen LogP contribution in [0.2, 0.25) is 0 Å². The molecule has 1 N–H and O–H groups in total. The number of nitrogens with one attached hydrogen (secondary N) is 1. The average molecular weight is 576 g/mol. The summed E-state index contributed by atoms with van der Waals surface area (Å²) in [6.07, 6.45) is 7.56. The van der Waals surface area contributed by atoms with Crippen LogP contribution >= 0.6 is 0 Å². The maximum atomic E-state index is 12.4. The standard InChI is InChI=1S/C28H45N7O6/c1-28(2,3)41-27(37)31-15-13-14-23-24(39-18-11-7-5-9-16-32-34-29)20-22(26(36)38-4)21-25(23)40-19-12-8-6-10-17-33-35-30/h20-21H,5-19H2,1-4H3,(H,31,37). The number of carbonyl (C=O) groups excluding carboxylic acids is 2. The van der Waals surface area contributed by atoms with E-state index in [0.29, 0.717) is 62.8 Å². The van der Waals surface area contributed by atoms with Gasteiger partial charge in [-0.25, -0.2) is 9.59 Å². The van der Waals surface area contributed by atoms with Crippen LogP contribution in [-0.4, -0.2) is 57.6 Å². The zero-order valence-corrected chi connectivity index (χ0v) is 24.9. The monoisotopic (exact) mass is 575 g/mol. The highest BCUT2D eigenvalue weighted by Crippen LogP contribution is 2.33. The topological polar surface area (TPSA) is 181 Å². The minimum absolute atomic E-state index is 0.330. The van der Waals surface area contributed by atoms with Gasteiger partial charge in [0.1, 0.15) is 17.1 Å². The molecule has 0 saturated heterocycles. The third-order valence-electron chi connectivity index (χ3n) is 5.81. The van der Waals surface area contributed by atoms with Crippen molar-refractivity contribution in [2.45, 2.75) is 90.6 Å². The van der Waals surface area contributed by atoms with Crippen molar-refractivity contribution in [3.8, 4) is 11.5 Å². The Morgan fingerprint density at radius 1 is 0.829 bits per heavy atom. The number of methoxy groups -OCH3 is 1. The molecule has 0 radical (unpaired) electrons. The first kappa shape index (κ1) is 35.2. The minimum atomic E-state index is -0.582. The van der Waals surface area contributed by atoms with Gasteiger partial charge in [0, 0.05) is 35.0 Å². The molecule has 1 aromatic carbocycles. The fraction of sp³-hybridized carbons (Fsp3) is 0.714. The number of esters is 1. The molecule has 0 aliphatic rings. The first-order valence-electron chi connectivity index (χ1n) is 14.2. The van der Waals surface area contributed by atoms with Crippen molar-refractivity contribution in [3.63, 3.8) is 0 Å². The molecule has 0 spiro atoms. The third kappa shape index (κ3) is 16.8. The van der Waals surface area contributed by atoms with Crippen molar-refractivity contribution in [2.24, 2.45) is 10.2 Å². The van der Waals surface area contributed by atoms with Crippen LogP contribution in [0.4, 0.5) is 4.79 Å². The number of unbranched alkanes of at least 4 members (excludes halogenated alkanes) is 6. The molecule has 0 saturated carbocycles. The average Bonchev–Trinajstić information content (AvgIpc) is 2.93. The largest absolute Gasteiger partial charge is 0.493 e. The quantitative estimate of drug-likeness (QED) is 0.0522. The molecule has 228 valence electrons. The van der Waals surface area contributed by atoms with E-state index in [0.717, 1.165) is 56.9 Å². The van der Waals surface area contributed by atoms with Crippen molar-refractivity contribution in [2.75, 3.05) is 40.0 Å². The third-order valence-corrected chi connectivity index (χ3v) is 5.81. The molecule has 0 unspecified atom stereocenters. The summed E-state index contributed by atoms with van der Waals surface area (Å²) in [6.45, 7) is 7.67. The summed E-state index contributed by atoms with van der Waals surface area (Å²) in [5.74, 6) is 0.598. The van der Waals surface area contributed by atoms with E-state index < -0.39 is 17.7 Å². The lowest BCUT2D eigenvalue weighted by Crippen LogP contribution is -2.33. The maximum Gasteiger partial charge on any atom is 0.407 e. The zero-order valence-electron chi connectivity index (χ0n) is 24.9. The molecule has 1 amide bonds. The molecule has 0 aliphatic heterocycles.